The van der Waals surface area contributed by atoms with Crippen LogP contribution in [0.2, 0.25) is 19.6 Å². The summed E-state index contributed by atoms with van der Waals surface area (Å²) >= 11 is 0. The molecule has 0 fully saturated rings. The fourth-order valence-corrected chi connectivity index (χ4v) is 6.86. The van der Waals surface area contributed by atoms with E-state index in [-0.39, 0.29) is 20.1 Å². The van der Waals surface area contributed by atoms with Crippen LogP contribution in [0.25, 0.3) is 66.5 Å². The Morgan fingerprint density at radius 3 is 2.35 bits per heavy atom. The van der Waals surface area contributed by atoms with Crippen molar-refractivity contribution in [3.05, 3.63) is 121 Å². The van der Waals surface area contributed by atoms with Gasteiger partial charge >= 0.3 is 0 Å². The predicted molar refractivity (Wildman–Crippen MR) is 188 cm³/mol. The summed E-state index contributed by atoms with van der Waals surface area (Å²) in [5.41, 5.74) is 7.45. The average Bonchev–Trinajstić information content (AvgIpc) is 3.63. The monoisotopic (exact) mass is 795 g/mol. The third-order valence-electron chi connectivity index (χ3n) is 8.22. The smallest absolute Gasteiger partial charge is 0.216 e. The molecule has 0 amide bonds. The molecule has 0 saturated heterocycles. The Morgan fingerprint density at radius 1 is 0.783 bits per heavy atom. The van der Waals surface area contributed by atoms with Gasteiger partial charge in [-0.2, -0.15) is 0 Å². The zero-order valence-electron chi connectivity index (χ0n) is 26.6. The molecule has 5 nitrogen and oxygen atoms in total. The van der Waals surface area contributed by atoms with E-state index in [2.05, 4.69) is 108 Å². The largest absolute Gasteiger partial charge is 0.486 e. The number of nitrogens with zero attached hydrogens (tertiary/aromatic N) is 4. The molecule has 0 N–H and O–H groups in total. The number of hydrogen-bond acceptors (Lipinski definition) is 4. The molecule has 0 unspecified atom stereocenters. The van der Waals surface area contributed by atoms with Crippen molar-refractivity contribution in [1.29, 1.82) is 0 Å². The first-order valence-electron chi connectivity index (χ1n) is 15.3. The topological polar surface area (TPSA) is 56.7 Å². The van der Waals surface area contributed by atoms with Gasteiger partial charge in [-0.3, -0.25) is 4.98 Å². The molecule has 0 aliphatic rings. The maximum Gasteiger partial charge on any atom is 0.216 e. The summed E-state index contributed by atoms with van der Waals surface area (Å²) in [4.78, 5) is 14.1. The Labute approximate surface area is 283 Å². The van der Waals surface area contributed by atoms with Crippen molar-refractivity contribution in [2.45, 2.75) is 40.0 Å². The Balaban J connectivity index is 0.000000187. The normalized spacial score (nSPS) is 11.5. The van der Waals surface area contributed by atoms with E-state index in [0.29, 0.717) is 5.71 Å². The molecule has 4 aromatic heterocycles. The van der Waals surface area contributed by atoms with E-state index in [4.69, 9.17) is 9.40 Å². The Bertz CT molecular complexity index is 2300. The maximum atomic E-state index is 6.21. The summed E-state index contributed by atoms with van der Waals surface area (Å²) in [5.74, 6) is 0.875. The van der Waals surface area contributed by atoms with Crippen molar-refractivity contribution in [2.24, 2.45) is 0 Å². The van der Waals surface area contributed by atoms with E-state index in [9.17, 15) is 0 Å². The van der Waals surface area contributed by atoms with E-state index in [0.717, 1.165) is 62.3 Å². The molecule has 1 radical (unpaired) electrons. The number of hydrogen-bond donors (Lipinski definition) is 0. The van der Waals surface area contributed by atoms with Gasteiger partial charge in [-0.1, -0.05) is 73.1 Å². The van der Waals surface area contributed by atoms with Gasteiger partial charge in [0.1, 0.15) is 0 Å². The maximum absolute atomic E-state index is 6.21. The molecule has 4 heterocycles. The van der Waals surface area contributed by atoms with Gasteiger partial charge < -0.3 is 14.0 Å². The van der Waals surface area contributed by atoms with E-state index >= 15 is 0 Å². The van der Waals surface area contributed by atoms with E-state index in [1.165, 1.54) is 16.0 Å². The van der Waals surface area contributed by atoms with Crippen LogP contribution in [0.1, 0.15) is 12.6 Å². The summed E-state index contributed by atoms with van der Waals surface area (Å²) in [6, 6.07) is 39.6. The van der Waals surface area contributed by atoms with E-state index in [1.54, 1.807) is 0 Å². The molecule has 0 aliphatic heterocycles. The standard InChI is InChI=1S/C25H18N3O.C14H16NSi.Ir/c1-3-28-22-17-8-5-4-7-16(17)12-14-21(22)27-24(28)20-10-6-9-18-19-13-11-15(2)26-25(19)29-23(18)20;1-16(2,3)13-9-10-14(15-11-13)12-7-5-4-6-8-12;/h4-9,11-14H,3H2,1-2H3;4-7,9-11H,1-3H3;/q2*-1;. The number of rotatable bonds is 4. The van der Waals surface area contributed by atoms with Crippen LogP contribution in [0.3, 0.4) is 0 Å². The van der Waals surface area contributed by atoms with Crippen LogP contribution in [0.4, 0.5) is 0 Å². The minimum atomic E-state index is -1.23. The van der Waals surface area contributed by atoms with Gasteiger partial charge in [0.15, 0.2) is 0 Å². The summed E-state index contributed by atoms with van der Waals surface area (Å²) in [7, 11) is -1.23. The van der Waals surface area contributed by atoms with Crippen LogP contribution in [0.5, 0.6) is 0 Å². The molecule has 0 spiro atoms. The van der Waals surface area contributed by atoms with Crippen molar-refractivity contribution < 1.29 is 24.5 Å². The zero-order chi connectivity index (χ0) is 31.1. The first kappa shape index (κ1) is 31.6. The van der Waals surface area contributed by atoms with Crippen LogP contribution < -0.4 is 5.19 Å². The summed E-state index contributed by atoms with van der Waals surface area (Å²) in [6.45, 7) is 11.9. The molecular weight excluding hydrogens is 761 g/mol. The van der Waals surface area contributed by atoms with E-state index in [1.807, 2.05) is 55.6 Å². The molecule has 0 bridgehead atoms. The number of furan rings is 1. The average molecular weight is 795 g/mol. The third kappa shape index (κ3) is 5.82. The Morgan fingerprint density at radius 2 is 1.61 bits per heavy atom. The molecule has 8 aromatic rings. The second kappa shape index (κ2) is 12.8. The van der Waals surface area contributed by atoms with Crippen molar-refractivity contribution in [1.82, 2.24) is 19.5 Å². The van der Waals surface area contributed by atoms with Crippen molar-refractivity contribution in [3.8, 4) is 22.6 Å². The SMILES string of the molecule is CCn1c(-c2[c-]ccc3c2oc2nc(C)ccc23)nc2ccc3ccccc3c21.C[Si](C)(C)c1ccc(-c2[c-]cccc2)nc1.[Ir]. The summed E-state index contributed by atoms with van der Waals surface area (Å²) in [5, 5.41) is 5.88. The van der Waals surface area contributed by atoms with E-state index < -0.39 is 8.07 Å². The molecule has 8 rings (SSSR count). The first-order valence-corrected chi connectivity index (χ1v) is 18.8. The molecule has 231 valence electrons. The predicted octanol–water partition coefficient (Wildman–Crippen LogP) is 9.37. The molecule has 46 heavy (non-hydrogen) atoms. The van der Waals surface area contributed by atoms with Gasteiger partial charge in [-0.05, 0) is 48.3 Å². The van der Waals surface area contributed by atoms with Gasteiger partial charge in [0.2, 0.25) is 5.71 Å². The quantitative estimate of drug-likeness (QED) is 0.132. The number of aromatic nitrogens is 4. The van der Waals surface area contributed by atoms with Crippen molar-refractivity contribution >= 4 is 57.1 Å². The minimum Gasteiger partial charge on any atom is -0.486 e. The van der Waals surface area contributed by atoms with Crippen molar-refractivity contribution in [3.63, 3.8) is 0 Å². The van der Waals surface area contributed by atoms with Crippen molar-refractivity contribution in [2.75, 3.05) is 0 Å². The zero-order valence-corrected chi connectivity index (χ0v) is 29.9. The molecule has 0 atom stereocenters. The van der Waals surface area contributed by atoms with Crippen LogP contribution >= 0.6 is 0 Å². The summed E-state index contributed by atoms with van der Waals surface area (Å²) in [6.07, 6.45) is 2.02. The van der Waals surface area contributed by atoms with Gasteiger partial charge in [-0.15, -0.1) is 54.1 Å². The minimum absolute atomic E-state index is 0. The van der Waals surface area contributed by atoms with Gasteiger partial charge in [-0.25, -0.2) is 4.98 Å². The van der Waals surface area contributed by atoms with Gasteiger partial charge in [0.25, 0.3) is 0 Å². The van der Waals surface area contributed by atoms with Gasteiger partial charge in [0, 0.05) is 49.3 Å². The fraction of sp³-hybridized carbons (Fsp3) is 0.154. The number of imidazole rings is 1. The fourth-order valence-electron chi connectivity index (χ4n) is 5.83. The van der Waals surface area contributed by atoms with Crippen LogP contribution in [0, 0.1) is 19.1 Å². The second-order valence-corrected chi connectivity index (χ2v) is 17.4. The first-order chi connectivity index (χ1) is 21.8. The number of fused-ring (bicyclic) bond motifs is 6. The molecule has 7 heteroatoms. The number of aryl methyl sites for hydroxylation is 2. The van der Waals surface area contributed by atoms with Crippen LogP contribution in [-0.2, 0) is 26.7 Å². The Kier molecular flexibility index (Phi) is 8.75. The molecular formula is C39H34IrN4OSi-2. The number of pyridine rings is 2. The Hall–Kier alpha value is -4.42. The van der Waals surface area contributed by atoms with Crippen LogP contribution in [-0.4, -0.2) is 27.6 Å². The molecule has 4 aromatic carbocycles. The molecule has 0 saturated carbocycles. The van der Waals surface area contributed by atoms with Gasteiger partial charge in [0.05, 0.1) is 30.5 Å². The molecule has 0 aliphatic carbocycles. The van der Waals surface area contributed by atoms with Crippen LogP contribution in [0.15, 0.2) is 108 Å². The number of benzene rings is 4. The third-order valence-corrected chi connectivity index (χ3v) is 10.3. The summed E-state index contributed by atoms with van der Waals surface area (Å²) < 4.78 is 8.46. The second-order valence-electron chi connectivity index (χ2n) is 12.3.